The van der Waals surface area contributed by atoms with Crippen LogP contribution in [0.1, 0.15) is 18.9 Å². The van der Waals surface area contributed by atoms with Crippen molar-refractivity contribution < 1.29 is 14.3 Å². The van der Waals surface area contributed by atoms with Gasteiger partial charge in [-0.3, -0.25) is 9.59 Å². The zero-order valence-electron chi connectivity index (χ0n) is 14.4. The van der Waals surface area contributed by atoms with E-state index in [9.17, 15) is 9.59 Å². The minimum atomic E-state index is -0.711. The van der Waals surface area contributed by atoms with Gasteiger partial charge in [0.05, 0.1) is 18.0 Å². The molecule has 2 aromatic rings. The van der Waals surface area contributed by atoms with Gasteiger partial charge in [0.15, 0.2) is 11.3 Å². The first-order valence-electron chi connectivity index (χ1n) is 8.60. The van der Waals surface area contributed by atoms with Crippen molar-refractivity contribution in [3.63, 3.8) is 0 Å². The van der Waals surface area contributed by atoms with Crippen LogP contribution in [0.5, 0.6) is 5.75 Å². The Bertz CT molecular complexity index is 833. The maximum atomic E-state index is 12.9. The molecule has 1 aliphatic carbocycles. The smallest absolute Gasteiger partial charge is 0.262 e. The second-order valence-electron chi connectivity index (χ2n) is 6.33. The van der Waals surface area contributed by atoms with Crippen molar-refractivity contribution in [2.75, 3.05) is 24.2 Å². The van der Waals surface area contributed by atoms with Crippen molar-refractivity contribution in [1.82, 2.24) is 14.9 Å². The van der Waals surface area contributed by atoms with Crippen LogP contribution in [0.3, 0.4) is 0 Å². The Morgan fingerprint density at radius 2 is 2.15 bits per heavy atom. The van der Waals surface area contributed by atoms with Crippen molar-refractivity contribution in [3.8, 4) is 5.75 Å². The molecule has 136 valence electrons. The summed E-state index contributed by atoms with van der Waals surface area (Å²) >= 11 is 1.43. The average Bonchev–Trinajstić information content (AvgIpc) is 3.42. The van der Waals surface area contributed by atoms with E-state index in [1.165, 1.54) is 24.6 Å². The molecule has 1 aromatic heterocycles. The number of benzene rings is 1. The Morgan fingerprint density at radius 3 is 2.92 bits per heavy atom. The van der Waals surface area contributed by atoms with Crippen LogP contribution in [0.15, 0.2) is 41.8 Å². The summed E-state index contributed by atoms with van der Waals surface area (Å²) in [7, 11) is 1.56. The van der Waals surface area contributed by atoms with E-state index < -0.39 is 6.10 Å². The standard InChI is InChI=1S/C18H20N4O3S/c1-19-17(24)15-10-22(13-4-2-3-5-14(13)25-15)16(23)11-26-18-20-8-9-21(18)12-6-7-12/h2-5,8-9,12,15H,6-7,10-11H2,1H3,(H,19,24). The Kier molecular flexibility index (Phi) is 4.58. The highest BCUT2D eigenvalue weighted by Crippen LogP contribution is 2.38. The molecule has 2 aliphatic rings. The van der Waals surface area contributed by atoms with Gasteiger partial charge in [0, 0.05) is 25.5 Å². The molecule has 0 radical (unpaired) electrons. The largest absolute Gasteiger partial charge is 0.477 e. The first-order valence-corrected chi connectivity index (χ1v) is 9.59. The molecule has 8 heteroatoms. The molecule has 2 heterocycles. The Labute approximate surface area is 155 Å². The third-order valence-electron chi connectivity index (χ3n) is 4.51. The molecule has 7 nitrogen and oxygen atoms in total. The van der Waals surface area contributed by atoms with Crippen LogP contribution in [0.2, 0.25) is 0 Å². The number of fused-ring (bicyclic) bond motifs is 1. The van der Waals surface area contributed by atoms with Crippen molar-refractivity contribution >= 4 is 29.3 Å². The molecule has 0 bridgehead atoms. The number of carbonyl (C=O) groups is 2. The number of anilines is 1. The van der Waals surface area contributed by atoms with Gasteiger partial charge in [-0.2, -0.15) is 0 Å². The normalized spacial score (nSPS) is 18.8. The van der Waals surface area contributed by atoms with E-state index >= 15 is 0 Å². The minimum Gasteiger partial charge on any atom is -0.477 e. The van der Waals surface area contributed by atoms with E-state index in [4.69, 9.17) is 4.74 Å². The van der Waals surface area contributed by atoms with Crippen molar-refractivity contribution in [2.45, 2.75) is 30.1 Å². The highest BCUT2D eigenvalue weighted by Gasteiger charge is 2.33. The predicted octanol–water partition coefficient (Wildman–Crippen LogP) is 1.85. The van der Waals surface area contributed by atoms with Crippen molar-refractivity contribution in [3.05, 3.63) is 36.7 Å². The monoisotopic (exact) mass is 372 g/mol. The quantitative estimate of drug-likeness (QED) is 0.811. The highest BCUT2D eigenvalue weighted by molar-refractivity contribution is 7.99. The first-order chi connectivity index (χ1) is 12.7. The van der Waals surface area contributed by atoms with Crippen molar-refractivity contribution in [1.29, 1.82) is 0 Å². The van der Waals surface area contributed by atoms with Gasteiger partial charge in [0.1, 0.15) is 5.75 Å². The number of imidazole rings is 1. The summed E-state index contributed by atoms with van der Waals surface area (Å²) in [5, 5.41) is 3.45. The molecule has 0 spiro atoms. The van der Waals surface area contributed by atoms with Crippen LogP contribution < -0.4 is 15.0 Å². The number of thioether (sulfide) groups is 1. The molecule has 2 amide bonds. The third-order valence-corrected chi connectivity index (χ3v) is 5.48. The minimum absolute atomic E-state index is 0.0648. The number of likely N-dealkylation sites (N-methyl/N-ethyl adjacent to an activating group) is 1. The van der Waals surface area contributed by atoms with Gasteiger partial charge in [0.25, 0.3) is 5.91 Å². The lowest BCUT2D eigenvalue weighted by molar-refractivity contribution is -0.127. The highest BCUT2D eigenvalue weighted by atomic mass is 32.2. The molecule has 26 heavy (non-hydrogen) atoms. The number of nitrogens with one attached hydrogen (secondary N) is 1. The van der Waals surface area contributed by atoms with Crippen LogP contribution in [-0.2, 0) is 9.59 Å². The number of hydrogen-bond donors (Lipinski definition) is 1. The number of amides is 2. The van der Waals surface area contributed by atoms with E-state index in [1.54, 1.807) is 24.2 Å². The van der Waals surface area contributed by atoms with E-state index in [0.717, 1.165) is 5.16 Å². The lowest BCUT2D eigenvalue weighted by Crippen LogP contribution is -2.50. The maximum absolute atomic E-state index is 12.9. The number of nitrogens with zero attached hydrogens (tertiary/aromatic N) is 3. The van der Waals surface area contributed by atoms with Gasteiger partial charge in [-0.25, -0.2) is 4.98 Å². The fourth-order valence-corrected chi connectivity index (χ4v) is 3.92. The summed E-state index contributed by atoms with van der Waals surface area (Å²) in [6.07, 6.45) is 5.37. The number of carbonyl (C=O) groups excluding carboxylic acids is 2. The molecule has 1 atom stereocenters. The van der Waals surface area contributed by atoms with Gasteiger partial charge in [-0.05, 0) is 25.0 Å². The molecule has 1 N–H and O–H groups in total. The molecular formula is C18H20N4O3S. The topological polar surface area (TPSA) is 76.5 Å². The summed E-state index contributed by atoms with van der Waals surface area (Å²) in [5.74, 6) is 0.503. The number of aromatic nitrogens is 2. The second kappa shape index (κ2) is 7.03. The number of rotatable bonds is 5. The van der Waals surface area contributed by atoms with E-state index in [2.05, 4.69) is 14.9 Å². The first kappa shape index (κ1) is 17.0. The summed E-state index contributed by atoms with van der Waals surface area (Å²) in [4.78, 5) is 30.9. The molecule has 1 aromatic carbocycles. The van der Waals surface area contributed by atoms with Gasteiger partial charge in [-0.1, -0.05) is 23.9 Å². The summed E-state index contributed by atoms with van der Waals surface area (Å²) in [6.45, 7) is 0.202. The van der Waals surface area contributed by atoms with Gasteiger partial charge in [-0.15, -0.1) is 0 Å². The maximum Gasteiger partial charge on any atom is 0.262 e. The van der Waals surface area contributed by atoms with Gasteiger partial charge < -0.3 is 19.5 Å². The van der Waals surface area contributed by atoms with E-state index in [0.29, 0.717) is 17.5 Å². The van der Waals surface area contributed by atoms with E-state index in [1.807, 2.05) is 24.4 Å². The molecule has 0 saturated heterocycles. The fraction of sp³-hybridized carbons (Fsp3) is 0.389. The van der Waals surface area contributed by atoms with Crippen LogP contribution in [0.25, 0.3) is 0 Å². The lowest BCUT2D eigenvalue weighted by atomic mass is 10.2. The lowest BCUT2D eigenvalue weighted by Gasteiger charge is -2.34. The zero-order chi connectivity index (χ0) is 18.1. The summed E-state index contributed by atoms with van der Waals surface area (Å²) < 4.78 is 7.88. The molecule has 4 rings (SSSR count). The molecule has 1 fully saturated rings. The van der Waals surface area contributed by atoms with Crippen LogP contribution >= 0.6 is 11.8 Å². The molecular weight excluding hydrogens is 352 g/mol. The third kappa shape index (κ3) is 3.29. The Morgan fingerprint density at radius 1 is 1.35 bits per heavy atom. The van der Waals surface area contributed by atoms with Crippen molar-refractivity contribution in [2.24, 2.45) is 0 Å². The number of ether oxygens (including phenoxy) is 1. The second-order valence-corrected chi connectivity index (χ2v) is 7.27. The predicted molar refractivity (Wildman–Crippen MR) is 98.5 cm³/mol. The number of para-hydroxylation sites is 2. The Balaban J connectivity index is 1.50. The summed E-state index contributed by atoms with van der Waals surface area (Å²) in [6, 6.07) is 7.82. The summed E-state index contributed by atoms with van der Waals surface area (Å²) in [5.41, 5.74) is 0.698. The average molecular weight is 372 g/mol. The van der Waals surface area contributed by atoms with Gasteiger partial charge in [0.2, 0.25) is 5.91 Å². The van der Waals surface area contributed by atoms with Crippen LogP contribution in [0, 0.1) is 0 Å². The fourth-order valence-electron chi connectivity index (χ4n) is 3.01. The van der Waals surface area contributed by atoms with Crippen LogP contribution in [0.4, 0.5) is 5.69 Å². The molecule has 1 aliphatic heterocycles. The van der Waals surface area contributed by atoms with Gasteiger partial charge >= 0.3 is 0 Å². The van der Waals surface area contributed by atoms with Crippen LogP contribution in [-0.4, -0.2) is 46.8 Å². The SMILES string of the molecule is CNC(=O)C1CN(C(=O)CSc2nccn2C2CC2)c2ccccc2O1. The Hall–Kier alpha value is -2.48. The molecule has 1 unspecified atom stereocenters. The van der Waals surface area contributed by atoms with E-state index in [-0.39, 0.29) is 24.1 Å². The zero-order valence-corrected chi connectivity index (χ0v) is 15.2. The number of hydrogen-bond acceptors (Lipinski definition) is 5. The molecule has 1 saturated carbocycles.